The monoisotopic (exact) mass is 433 g/mol. The van der Waals surface area contributed by atoms with E-state index in [0.717, 1.165) is 11.3 Å². The molecule has 0 radical (unpaired) electrons. The van der Waals surface area contributed by atoms with Crippen molar-refractivity contribution in [2.24, 2.45) is 0 Å². The van der Waals surface area contributed by atoms with Crippen molar-refractivity contribution in [2.45, 2.75) is 39.7 Å². The summed E-state index contributed by atoms with van der Waals surface area (Å²) in [4.78, 5) is 12.8. The zero-order chi connectivity index (χ0) is 23.1. The summed E-state index contributed by atoms with van der Waals surface area (Å²) < 4.78 is 17.0. The highest BCUT2D eigenvalue weighted by Crippen LogP contribution is 2.27. The van der Waals surface area contributed by atoms with Gasteiger partial charge in [0.25, 0.3) is 5.91 Å². The number of amides is 1. The van der Waals surface area contributed by atoms with Crippen LogP contribution < -0.4 is 19.5 Å². The second kappa shape index (κ2) is 10.2. The minimum atomic E-state index is -0.211. The van der Waals surface area contributed by atoms with Gasteiger partial charge in [-0.15, -0.1) is 0 Å². The number of benzene rings is 3. The van der Waals surface area contributed by atoms with E-state index in [1.807, 2.05) is 49.4 Å². The summed E-state index contributed by atoms with van der Waals surface area (Å²) in [5, 5.41) is 2.91. The number of nitrogens with one attached hydrogen (secondary N) is 1. The predicted octanol–water partition coefficient (Wildman–Crippen LogP) is 6.22. The van der Waals surface area contributed by atoms with Crippen molar-refractivity contribution < 1.29 is 19.0 Å². The topological polar surface area (TPSA) is 56.8 Å². The molecule has 32 heavy (non-hydrogen) atoms. The van der Waals surface area contributed by atoms with E-state index in [-0.39, 0.29) is 11.3 Å². The highest BCUT2D eigenvalue weighted by molar-refractivity contribution is 6.04. The third kappa shape index (κ3) is 6.03. The van der Waals surface area contributed by atoms with Crippen LogP contribution in [0.5, 0.6) is 17.2 Å². The molecule has 0 aromatic heterocycles. The molecular formula is C27H31NO4. The van der Waals surface area contributed by atoms with E-state index in [9.17, 15) is 4.79 Å². The molecule has 0 heterocycles. The molecule has 3 aromatic rings. The van der Waals surface area contributed by atoms with E-state index in [4.69, 9.17) is 14.2 Å². The lowest BCUT2D eigenvalue weighted by Gasteiger charge is -2.19. The van der Waals surface area contributed by atoms with Gasteiger partial charge in [0, 0.05) is 22.9 Å². The Hall–Kier alpha value is -3.47. The van der Waals surface area contributed by atoms with Crippen LogP contribution in [0.2, 0.25) is 0 Å². The van der Waals surface area contributed by atoms with Crippen LogP contribution in [0.1, 0.15) is 49.2 Å². The standard InChI is InChI=1S/C27H31NO4/c1-6-31-25-15-10-19(26(29)28-22-8-7-9-24(17-22)30-5)16-20(25)18-32-23-13-11-21(12-14-23)27(2,3)4/h7-17H,6,18H2,1-5H3,(H,28,29). The van der Waals surface area contributed by atoms with E-state index < -0.39 is 0 Å². The van der Waals surface area contributed by atoms with Crippen molar-refractivity contribution >= 4 is 11.6 Å². The Labute approximate surface area is 190 Å². The normalized spacial score (nSPS) is 11.0. The number of ether oxygens (including phenoxy) is 3. The van der Waals surface area contributed by atoms with Crippen LogP contribution in [0.3, 0.4) is 0 Å². The number of hydrogen-bond donors (Lipinski definition) is 1. The molecule has 0 aliphatic carbocycles. The number of anilines is 1. The molecule has 0 aliphatic heterocycles. The molecule has 0 atom stereocenters. The van der Waals surface area contributed by atoms with Gasteiger partial charge in [0.15, 0.2) is 0 Å². The first-order chi connectivity index (χ1) is 15.3. The third-order valence-corrected chi connectivity index (χ3v) is 5.06. The molecule has 5 heteroatoms. The molecule has 3 rings (SSSR count). The Morgan fingerprint density at radius 3 is 2.31 bits per heavy atom. The maximum absolute atomic E-state index is 12.8. The lowest BCUT2D eigenvalue weighted by Crippen LogP contribution is -2.13. The summed E-state index contributed by atoms with van der Waals surface area (Å²) in [5.74, 6) is 1.95. The number of rotatable bonds is 8. The average Bonchev–Trinajstić information content (AvgIpc) is 2.78. The highest BCUT2D eigenvalue weighted by atomic mass is 16.5. The molecule has 0 aliphatic rings. The zero-order valence-electron chi connectivity index (χ0n) is 19.4. The quantitative estimate of drug-likeness (QED) is 0.458. The van der Waals surface area contributed by atoms with Crippen LogP contribution in [-0.4, -0.2) is 19.6 Å². The lowest BCUT2D eigenvalue weighted by atomic mass is 9.87. The SMILES string of the molecule is CCOc1ccc(C(=O)Nc2cccc(OC)c2)cc1COc1ccc(C(C)(C)C)cc1. The summed E-state index contributed by atoms with van der Waals surface area (Å²) in [7, 11) is 1.59. The summed E-state index contributed by atoms with van der Waals surface area (Å²) >= 11 is 0. The number of carbonyl (C=O) groups is 1. The van der Waals surface area contributed by atoms with E-state index >= 15 is 0 Å². The Balaban J connectivity index is 1.75. The summed E-state index contributed by atoms with van der Waals surface area (Å²) in [6, 6.07) is 20.7. The molecule has 0 fully saturated rings. The van der Waals surface area contributed by atoms with Gasteiger partial charge < -0.3 is 19.5 Å². The Morgan fingerprint density at radius 2 is 1.66 bits per heavy atom. The van der Waals surface area contributed by atoms with E-state index in [1.165, 1.54) is 5.56 Å². The third-order valence-electron chi connectivity index (χ3n) is 5.06. The maximum Gasteiger partial charge on any atom is 0.255 e. The first kappa shape index (κ1) is 23.2. The smallest absolute Gasteiger partial charge is 0.255 e. The van der Waals surface area contributed by atoms with Crippen LogP contribution in [-0.2, 0) is 12.0 Å². The maximum atomic E-state index is 12.8. The van der Waals surface area contributed by atoms with E-state index in [1.54, 1.807) is 19.2 Å². The van der Waals surface area contributed by atoms with Crippen LogP contribution in [0, 0.1) is 0 Å². The van der Waals surface area contributed by atoms with E-state index in [2.05, 4.69) is 38.2 Å². The van der Waals surface area contributed by atoms with Crippen molar-refractivity contribution in [3.63, 3.8) is 0 Å². The minimum absolute atomic E-state index is 0.0884. The molecule has 1 N–H and O–H groups in total. The number of carbonyl (C=O) groups excluding carboxylic acids is 1. The van der Waals surface area contributed by atoms with Crippen LogP contribution >= 0.6 is 0 Å². The van der Waals surface area contributed by atoms with Crippen molar-refractivity contribution in [3.8, 4) is 17.2 Å². The second-order valence-corrected chi connectivity index (χ2v) is 8.50. The lowest BCUT2D eigenvalue weighted by molar-refractivity contribution is 0.102. The second-order valence-electron chi connectivity index (χ2n) is 8.50. The van der Waals surface area contributed by atoms with Gasteiger partial charge in [-0.25, -0.2) is 0 Å². The fourth-order valence-corrected chi connectivity index (χ4v) is 3.25. The molecular weight excluding hydrogens is 402 g/mol. The molecule has 0 bridgehead atoms. The average molecular weight is 434 g/mol. The Morgan fingerprint density at radius 1 is 0.906 bits per heavy atom. The Bertz CT molecular complexity index is 1050. The van der Waals surface area contributed by atoms with E-state index in [0.29, 0.717) is 36.0 Å². The Kier molecular flexibility index (Phi) is 7.41. The molecule has 0 saturated carbocycles. The summed E-state index contributed by atoms with van der Waals surface area (Å²) in [6.07, 6.45) is 0. The minimum Gasteiger partial charge on any atom is -0.497 e. The van der Waals surface area contributed by atoms with Gasteiger partial charge in [-0.3, -0.25) is 4.79 Å². The van der Waals surface area contributed by atoms with Gasteiger partial charge in [0.05, 0.1) is 13.7 Å². The highest BCUT2D eigenvalue weighted by Gasteiger charge is 2.14. The molecule has 3 aromatic carbocycles. The zero-order valence-corrected chi connectivity index (χ0v) is 19.4. The van der Waals surface area contributed by atoms with Crippen LogP contribution in [0.25, 0.3) is 0 Å². The van der Waals surface area contributed by atoms with Gasteiger partial charge in [0.1, 0.15) is 23.9 Å². The molecule has 168 valence electrons. The molecule has 0 saturated heterocycles. The largest absolute Gasteiger partial charge is 0.497 e. The predicted molar refractivity (Wildman–Crippen MR) is 128 cm³/mol. The molecule has 1 amide bonds. The van der Waals surface area contributed by atoms with Crippen LogP contribution in [0.15, 0.2) is 66.7 Å². The number of hydrogen-bond acceptors (Lipinski definition) is 4. The molecule has 0 spiro atoms. The fraction of sp³-hybridized carbons (Fsp3) is 0.296. The fourth-order valence-electron chi connectivity index (χ4n) is 3.25. The van der Waals surface area contributed by atoms with Gasteiger partial charge in [0.2, 0.25) is 0 Å². The van der Waals surface area contributed by atoms with Crippen molar-refractivity contribution in [1.82, 2.24) is 0 Å². The van der Waals surface area contributed by atoms with Gasteiger partial charge in [-0.05, 0) is 60.4 Å². The first-order valence-electron chi connectivity index (χ1n) is 10.7. The number of methoxy groups -OCH3 is 1. The first-order valence-corrected chi connectivity index (χ1v) is 10.7. The van der Waals surface area contributed by atoms with Gasteiger partial charge >= 0.3 is 0 Å². The molecule has 0 unspecified atom stereocenters. The van der Waals surface area contributed by atoms with Gasteiger partial charge in [-0.2, -0.15) is 0 Å². The summed E-state index contributed by atoms with van der Waals surface area (Å²) in [6.45, 7) is 9.30. The molecule has 5 nitrogen and oxygen atoms in total. The summed E-state index contributed by atoms with van der Waals surface area (Å²) in [5.41, 5.74) is 3.34. The van der Waals surface area contributed by atoms with Gasteiger partial charge in [-0.1, -0.05) is 39.0 Å². The van der Waals surface area contributed by atoms with Crippen molar-refractivity contribution in [1.29, 1.82) is 0 Å². The van der Waals surface area contributed by atoms with Crippen molar-refractivity contribution in [2.75, 3.05) is 19.0 Å². The van der Waals surface area contributed by atoms with Crippen LogP contribution in [0.4, 0.5) is 5.69 Å². The van der Waals surface area contributed by atoms with Crippen molar-refractivity contribution in [3.05, 3.63) is 83.4 Å².